The summed E-state index contributed by atoms with van der Waals surface area (Å²) in [4.78, 5) is 16.8. The summed E-state index contributed by atoms with van der Waals surface area (Å²) in [6, 6.07) is 3.09. The Kier molecular flexibility index (Phi) is 5.31. The molecular weight excluding hydrogens is 324 g/mol. The molecule has 0 spiro atoms. The molecule has 22 heavy (non-hydrogen) atoms. The molecule has 118 valence electrons. The summed E-state index contributed by atoms with van der Waals surface area (Å²) in [6.45, 7) is 5.54. The Hall–Kier alpha value is -1.73. The summed E-state index contributed by atoms with van der Waals surface area (Å²) in [5.41, 5.74) is 6.71. The molecule has 2 aromatic rings. The molecule has 0 saturated heterocycles. The first-order valence-corrected chi connectivity index (χ1v) is 7.99. The maximum atomic E-state index is 11.9. The van der Waals surface area contributed by atoms with Crippen molar-refractivity contribution in [3.8, 4) is 0 Å². The van der Waals surface area contributed by atoms with E-state index in [1.165, 1.54) is 11.8 Å². The van der Waals surface area contributed by atoms with Crippen LogP contribution in [-0.4, -0.2) is 27.3 Å². The fourth-order valence-electron chi connectivity index (χ4n) is 1.70. The van der Waals surface area contributed by atoms with Crippen LogP contribution in [0, 0.1) is 0 Å². The molecule has 0 saturated carbocycles. The normalized spacial score (nSPS) is 11.0. The number of halogens is 1. The highest BCUT2D eigenvalue weighted by Crippen LogP contribution is 2.37. The Morgan fingerprint density at radius 1 is 1.50 bits per heavy atom. The number of ether oxygens (including phenoxy) is 1. The Balaban J connectivity index is 2.24. The number of carbonyl (C=O) groups is 1. The molecule has 0 atom stereocenters. The van der Waals surface area contributed by atoms with E-state index >= 15 is 0 Å². The van der Waals surface area contributed by atoms with Crippen LogP contribution in [0.2, 0.25) is 5.02 Å². The molecule has 2 rings (SSSR count). The third kappa shape index (κ3) is 3.92. The van der Waals surface area contributed by atoms with Crippen LogP contribution in [0.25, 0.3) is 0 Å². The van der Waals surface area contributed by atoms with E-state index in [0.717, 1.165) is 12.2 Å². The summed E-state index contributed by atoms with van der Waals surface area (Å²) in [6.07, 6.45) is 0.554. The van der Waals surface area contributed by atoms with Gasteiger partial charge in [-0.1, -0.05) is 18.5 Å². The molecule has 1 aromatic carbocycles. The zero-order valence-electron chi connectivity index (χ0n) is 12.5. The maximum Gasteiger partial charge on any atom is 0.338 e. The number of hydrogen-bond donors (Lipinski definition) is 2. The number of nitrogen functional groups attached to an aromatic ring is 1. The van der Waals surface area contributed by atoms with Crippen LogP contribution in [0.5, 0.6) is 0 Å². The van der Waals surface area contributed by atoms with Gasteiger partial charge in [0.25, 0.3) is 0 Å². The Morgan fingerprint density at radius 3 is 2.77 bits per heavy atom. The molecule has 0 radical (unpaired) electrons. The van der Waals surface area contributed by atoms with Gasteiger partial charge < -0.3 is 10.5 Å². The standard InChI is InChI=1S/C14H17ClN4O2S/c1-4-11-17-14(19-18-11)22-12-9(15)5-8(6-10(12)16)13(20)21-7(2)3/h5-7H,4,16H2,1-3H3,(H,17,18,19). The number of carbonyl (C=O) groups excluding carboxylic acids is 1. The Labute approximate surface area is 137 Å². The van der Waals surface area contributed by atoms with E-state index in [-0.39, 0.29) is 6.10 Å². The number of aryl methyl sites for hydroxylation is 1. The van der Waals surface area contributed by atoms with Gasteiger partial charge in [-0.25, -0.2) is 9.78 Å². The number of aromatic amines is 1. The molecule has 0 unspecified atom stereocenters. The van der Waals surface area contributed by atoms with E-state index in [0.29, 0.717) is 26.3 Å². The molecule has 6 nitrogen and oxygen atoms in total. The van der Waals surface area contributed by atoms with Crippen LogP contribution in [0.3, 0.4) is 0 Å². The van der Waals surface area contributed by atoms with E-state index in [2.05, 4.69) is 15.2 Å². The molecule has 0 amide bonds. The van der Waals surface area contributed by atoms with Gasteiger partial charge in [-0.15, -0.1) is 5.10 Å². The summed E-state index contributed by atoms with van der Waals surface area (Å²) >= 11 is 7.48. The average Bonchev–Trinajstić information content (AvgIpc) is 2.89. The molecule has 0 aliphatic rings. The molecular formula is C14H17ClN4O2S. The zero-order chi connectivity index (χ0) is 16.3. The number of anilines is 1. The number of esters is 1. The minimum atomic E-state index is -0.452. The minimum Gasteiger partial charge on any atom is -0.459 e. The quantitative estimate of drug-likeness (QED) is 0.640. The lowest BCUT2D eigenvalue weighted by atomic mass is 10.2. The lowest BCUT2D eigenvalue weighted by molar-refractivity contribution is 0.0378. The maximum absolute atomic E-state index is 11.9. The lowest BCUT2D eigenvalue weighted by Crippen LogP contribution is -2.12. The largest absolute Gasteiger partial charge is 0.459 e. The molecule has 0 aliphatic carbocycles. The highest BCUT2D eigenvalue weighted by atomic mass is 35.5. The first kappa shape index (κ1) is 16.6. The summed E-state index contributed by atoms with van der Waals surface area (Å²) in [5, 5.41) is 7.80. The van der Waals surface area contributed by atoms with Gasteiger partial charge in [0, 0.05) is 12.1 Å². The second-order valence-electron chi connectivity index (χ2n) is 4.85. The lowest BCUT2D eigenvalue weighted by Gasteiger charge is -2.11. The number of nitrogens with one attached hydrogen (secondary N) is 1. The minimum absolute atomic E-state index is 0.206. The average molecular weight is 341 g/mol. The molecule has 1 aromatic heterocycles. The predicted molar refractivity (Wildman–Crippen MR) is 86.3 cm³/mol. The molecule has 0 aliphatic heterocycles. The number of nitrogens with zero attached hydrogens (tertiary/aromatic N) is 2. The predicted octanol–water partition coefficient (Wildman–Crippen LogP) is 3.32. The van der Waals surface area contributed by atoms with Crippen molar-refractivity contribution < 1.29 is 9.53 Å². The molecule has 3 N–H and O–H groups in total. The van der Waals surface area contributed by atoms with Crippen molar-refractivity contribution >= 4 is 35.0 Å². The van der Waals surface area contributed by atoms with Gasteiger partial charge in [0.2, 0.25) is 5.16 Å². The van der Waals surface area contributed by atoms with Gasteiger partial charge in [0.15, 0.2) is 0 Å². The van der Waals surface area contributed by atoms with Crippen LogP contribution in [0.4, 0.5) is 5.69 Å². The van der Waals surface area contributed by atoms with Crippen LogP contribution in [-0.2, 0) is 11.2 Å². The smallest absolute Gasteiger partial charge is 0.338 e. The van der Waals surface area contributed by atoms with Crippen LogP contribution < -0.4 is 5.73 Å². The number of rotatable bonds is 5. The van der Waals surface area contributed by atoms with Crippen molar-refractivity contribution in [1.82, 2.24) is 15.2 Å². The fourth-order valence-corrected chi connectivity index (χ4v) is 2.80. The summed E-state index contributed by atoms with van der Waals surface area (Å²) < 4.78 is 5.13. The van der Waals surface area contributed by atoms with Gasteiger partial charge in [-0.05, 0) is 37.7 Å². The monoisotopic (exact) mass is 340 g/mol. The van der Waals surface area contributed by atoms with Gasteiger partial charge >= 0.3 is 5.97 Å². The highest BCUT2D eigenvalue weighted by Gasteiger charge is 2.16. The van der Waals surface area contributed by atoms with E-state index in [1.807, 2.05) is 6.92 Å². The first-order chi connectivity index (χ1) is 10.4. The van der Waals surface area contributed by atoms with Crippen molar-refractivity contribution in [2.24, 2.45) is 0 Å². The Bertz CT molecular complexity index is 664. The number of nitrogens with two attached hydrogens (primary N) is 1. The van der Waals surface area contributed by atoms with Crippen LogP contribution in [0.15, 0.2) is 22.2 Å². The number of benzene rings is 1. The number of aromatic nitrogens is 3. The van der Waals surface area contributed by atoms with E-state index < -0.39 is 5.97 Å². The third-order valence-electron chi connectivity index (χ3n) is 2.69. The van der Waals surface area contributed by atoms with Crippen molar-refractivity contribution in [3.05, 3.63) is 28.5 Å². The van der Waals surface area contributed by atoms with Crippen molar-refractivity contribution in [3.63, 3.8) is 0 Å². The first-order valence-electron chi connectivity index (χ1n) is 6.79. The number of hydrogen-bond acceptors (Lipinski definition) is 6. The summed E-state index contributed by atoms with van der Waals surface area (Å²) in [5.74, 6) is 0.334. The zero-order valence-corrected chi connectivity index (χ0v) is 14.1. The van der Waals surface area contributed by atoms with E-state index in [4.69, 9.17) is 22.1 Å². The molecule has 8 heteroatoms. The fraction of sp³-hybridized carbons (Fsp3) is 0.357. The van der Waals surface area contributed by atoms with Crippen molar-refractivity contribution in [2.75, 3.05) is 5.73 Å². The number of H-pyrrole nitrogens is 1. The molecule has 0 fully saturated rings. The second kappa shape index (κ2) is 7.02. The van der Waals surface area contributed by atoms with Gasteiger partial charge in [-0.2, -0.15) is 0 Å². The van der Waals surface area contributed by atoms with E-state index in [1.54, 1.807) is 26.0 Å². The summed E-state index contributed by atoms with van der Waals surface area (Å²) in [7, 11) is 0. The third-order valence-corrected chi connectivity index (χ3v) is 4.13. The van der Waals surface area contributed by atoms with Crippen LogP contribution >= 0.6 is 23.4 Å². The van der Waals surface area contributed by atoms with Crippen molar-refractivity contribution in [1.29, 1.82) is 0 Å². The van der Waals surface area contributed by atoms with Gasteiger partial charge in [0.05, 0.1) is 21.6 Å². The second-order valence-corrected chi connectivity index (χ2v) is 6.24. The van der Waals surface area contributed by atoms with Crippen LogP contribution in [0.1, 0.15) is 37.0 Å². The van der Waals surface area contributed by atoms with Crippen molar-refractivity contribution in [2.45, 2.75) is 43.3 Å². The van der Waals surface area contributed by atoms with Gasteiger partial charge in [0.1, 0.15) is 5.82 Å². The topological polar surface area (TPSA) is 93.9 Å². The Morgan fingerprint density at radius 2 is 2.23 bits per heavy atom. The highest BCUT2D eigenvalue weighted by molar-refractivity contribution is 7.99. The SMILES string of the molecule is CCc1nc(Sc2c(N)cc(C(=O)OC(C)C)cc2Cl)n[nH]1. The van der Waals surface area contributed by atoms with Gasteiger partial charge in [-0.3, -0.25) is 5.10 Å². The van der Waals surface area contributed by atoms with E-state index in [9.17, 15) is 4.79 Å². The molecule has 1 heterocycles. The molecule has 0 bridgehead atoms.